The number of aromatic nitrogens is 2. The molecule has 3 nitrogen and oxygen atoms in total. The number of rotatable bonds is 1. The molecule has 2 aromatic rings. The third kappa shape index (κ3) is 4.06. The lowest BCUT2D eigenvalue weighted by Gasteiger charge is -2.16. The Balaban J connectivity index is 0.00000120. The highest BCUT2D eigenvalue weighted by atomic mass is 35.5. The Hall–Kier alpha value is -0.870. The standard InChI is InChI=1S/C14H15N3.3ClH/c1-10-2-3-11(8-16-10)12-6-13-7-15-5-4-14(13)17-9-12;;;/h2-3,6,8-9,15H,4-5,7H2,1H3;3*1H. The maximum Gasteiger partial charge on any atom is 0.0461 e. The largest absolute Gasteiger partial charge is 0.312 e. The fourth-order valence-corrected chi connectivity index (χ4v) is 2.14. The molecule has 110 valence electrons. The fourth-order valence-electron chi connectivity index (χ4n) is 2.14. The number of pyridine rings is 2. The Morgan fingerprint density at radius 1 is 1.00 bits per heavy atom. The Morgan fingerprint density at radius 3 is 2.45 bits per heavy atom. The normalized spacial score (nSPS) is 12.2. The van der Waals surface area contributed by atoms with Gasteiger partial charge in [0.25, 0.3) is 0 Å². The maximum absolute atomic E-state index is 4.55. The molecule has 1 N–H and O–H groups in total. The minimum absolute atomic E-state index is 0. The number of nitrogens with zero attached hydrogens (tertiary/aromatic N) is 2. The van der Waals surface area contributed by atoms with Crippen molar-refractivity contribution in [2.75, 3.05) is 6.54 Å². The predicted molar refractivity (Wildman–Crippen MR) is 89.4 cm³/mol. The van der Waals surface area contributed by atoms with Gasteiger partial charge in [-0.2, -0.15) is 0 Å². The summed E-state index contributed by atoms with van der Waals surface area (Å²) in [6.07, 6.45) is 4.90. The van der Waals surface area contributed by atoms with Crippen molar-refractivity contribution in [3.8, 4) is 11.1 Å². The Morgan fingerprint density at radius 2 is 1.75 bits per heavy atom. The molecule has 3 rings (SSSR count). The van der Waals surface area contributed by atoms with Gasteiger partial charge in [-0.3, -0.25) is 9.97 Å². The second-order valence-corrected chi connectivity index (χ2v) is 4.44. The summed E-state index contributed by atoms with van der Waals surface area (Å²) in [5.41, 5.74) is 5.87. The van der Waals surface area contributed by atoms with E-state index < -0.39 is 0 Å². The summed E-state index contributed by atoms with van der Waals surface area (Å²) < 4.78 is 0. The van der Waals surface area contributed by atoms with E-state index in [-0.39, 0.29) is 37.2 Å². The van der Waals surface area contributed by atoms with Crippen LogP contribution in [-0.2, 0) is 13.0 Å². The summed E-state index contributed by atoms with van der Waals surface area (Å²) in [4.78, 5) is 8.87. The molecule has 0 spiro atoms. The van der Waals surface area contributed by atoms with E-state index in [4.69, 9.17) is 0 Å². The van der Waals surface area contributed by atoms with E-state index in [1.807, 2.05) is 25.4 Å². The van der Waals surface area contributed by atoms with E-state index in [1.54, 1.807) is 0 Å². The van der Waals surface area contributed by atoms with Crippen LogP contribution in [0.4, 0.5) is 0 Å². The smallest absolute Gasteiger partial charge is 0.0461 e. The first-order chi connectivity index (χ1) is 8.33. The van der Waals surface area contributed by atoms with Crippen molar-refractivity contribution in [3.05, 3.63) is 47.5 Å². The van der Waals surface area contributed by atoms with E-state index >= 15 is 0 Å². The van der Waals surface area contributed by atoms with Gasteiger partial charge < -0.3 is 5.32 Å². The van der Waals surface area contributed by atoms with Gasteiger partial charge in [0.2, 0.25) is 0 Å². The molecule has 0 fully saturated rings. The topological polar surface area (TPSA) is 37.8 Å². The van der Waals surface area contributed by atoms with Gasteiger partial charge in [-0.25, -0.2) is 0 Å². The molecule has 0 saturated carbocycles. The lowest BCUT2D eigenvalue weighted by Crippen LogP contribution is -2.24. The first kappa shape index (κ1) is 19.1. The molecule has 0 aromatic carbocycles. The van der Waals surface area contributed by atoms with E-state index in [1.165, 1.54) is 11.3 Å². The average Bonchev–Trinajstić information content (AvgIpc) is 2.39. The van der Waals surface area contributed by atoms with Gasteiger partial charge in [0, 0.05) is 54.4 Å². The molecule has 0 bridgehead atoms. The van der Waals surface area contributed by atoms with Crippen molar-refractivity contribution < 1.29 is 0 Å². The molecular formula is C14H18Cl3N3. The maximum atomic E-state index is 4.55. The summed E-state index contributed by atoms with van der Waals surface area (Å²) in [6.45, 7) is 3.96. The zero-order valence-corrected chi connectivity index (χ0v) is 13.6. The van der Waals surface area contributed by atoms with Gasteiger partial charge in [0.05, 0.1) is 0 Å². The van der Waals surface area contributed by atoms with Crippen LogP contribution in [0.5, 0.6) is 0 Å². The molecule has 3 heterocycles. The van der Waals surface area contributed by atoms with Crippen LogP contribution in [0.3, 0.4) is 0 Å². The molecule has 6 heteroatoms. The molecular weight excluding hydrogens is 317 g/mol. The van der Waals surface area contributed by atoms with E-state index in [0.29, 0.717) is 0 Å². The summed E-state index contributed by atoms with van der Waals surface area (Å²) in [5.74, 6) is 0. The molecule has 0 aliphatic carbocycles. The first-order valence-corrected chi connectivity index (χ1v) is 5.94. The van der Waals surface area contributed by atoms with Crippen LogP contribution >= 0.6 is 37.2 Å². The molecule has 2 aromatic heterocycles. The van der Waals surface area contributed by atoms with Crippen molar-refractivity contribution >= 4 is 37.2 Å². The van der Waals surface area contributed by atoms with Crippen molar-refractivity contribution in [1.29, 1.82) is 0 Å². The SMILES string of the molecule is Cc1ccc(-c2cnc3c(c2)CNCC3)cn1.Cl.Cl.Cl. The molecule has 0 unspecified atom stereocenters. The molecule has 0 saturated heterocycles. The second-order valence-electron chi connectivity index (χ2n) is 4.44. The van der Waals surface area contributed by atoms with Gasteiger partial charge in [-0.05, 0) is 24.6 Å². The van der Waals surface area contributed by atoms with Gasteiger partial charge >= 0.3 is 0 Å². The molecule has 1 aliphatic heterocycles. The molecule has 20 heavy (non-hydrogen) atoms. The van der Waals surface area contributed by atoms with E-state index in [9.17, 15) is 0 Å². The molecule has 1 aliphatic rings. The van der Waals surface area contributed by atoms with E-state index in [2.05, 4.69) is 27.4 Å². The molecule has 0 radical (unpaired) electrons. The highest BCUT2D eigenvalue weighted by Gasteiger charge is 2.10. The van der Waals surface area contributed by atoms with Crippen LogP contribution in [0.25, 0.3) is 11.1 Å². The number of hydrogen-bond donors (Lipinski definition) is 1. The Labute approximate surface area is 137 Å². The zero-order chi connectivity index (χ0) is 11.7. The summed E-state index contributed by atoms with van der Waals surface area (Å²) in [6, 6.07) is 6.36. The fraction of sp³-hybridized carbons (Fsp3) is 0.286. The lowest BCUT2D eigenvalue weighted by molar-refractivity contribution is 0.630. The minimum Gasteiger partial charge on any atom is -0.312 e. The van der Waals surface area contributed by atoms with Crippen LogP contribution in [0, 0.1) is 6.92 Å². The summed E-state index contributed by atoms with van der Waals surface area (Å²) in [7, 11) is 0. The molecule has 0 amide bonds. The van der Waals surface area contributed by atoms with Gasteiger partial charge in [-0.1, -0.05) is 6.07 Å². The summed E-state index contributed by atoms with van der Waals surface area (Å²) in [5, 5.41) is 3.37. The Bertz CT molecular complexity index is 544. The number of nitrogens with one attached hydrogen (secondary N) is 1. The highest BCUT2D eigenvalue weighted by Crippen LogP contribution is 2.21. The third-order valence-corrected chi connectivity index (χ3v) is 3.16. The van der Waals surface area contributed by atoms with Crippen molar-refractivity contribution in [1.82, 2.24) is 15.3 Å². The number of hydrogen-bond acceptors (Lipinski definition) is 3. The lowest BCUT2D eigenvalue weighted by atomic mass is 10.0. The van der Waals surface area contributed by atoms with Gasteiger partial charge in [0.1, 0.15) is 0 Å². The number of fused-ring (bicyclic) bond motifs is 1. The highest BCUT2D eigenvalue weighted by molar-refractivity contribution is 5.86. The van der Waals surface area contributed by atoms with Gasteiger partial charge in [0.15, 0.2) is 0 Å². The van der Waals surface area contributed by atoms with Crippen molar-refractivity contribution in [2.24, 2.45) is 0 Å². The van der Waals surface area contributed by atoms with Crippen LogP contribution in [0.1, 0.15) is 17.0 Å². The van der Waals surface area contributed by atoms with Crippen LogP contribution < -0.4 is 5.32 Å². The Kier molecular flexibility index (Phi) is 8.06. The second kappa shape index (κ2) is 8.42. The zero-order valence-electron chi connectivity index (χ0n) is 11.1. The summed E-state index contributed by atoms with van der Waals surface area (Å²) >= 11 is 0. The number of aryl methyl sites for hydroxylation is 1. The quantitative estimate of drug-likeness (QED) is 0.869. The van der Waals surface area contributed by atoms with Crippen molar-refractivity contribution in [2.45, 2.75) is 19.9 Å². The number of halogens is 3. The average molecular weight is 335 g/mol. The predicted octanol–water partition coefficient (Wildman–Crippen LogP) is 3.36. The van der Waals surface area contributed by atoms with Crippen LogP contribution in [-0.4, -0.2) is 16.5 Å². The first-order valence-electron chi connectivity index (χ1n) is 5.94. The monoisotopic (exact) mass is 333 g/mol. The van der Waals surface area contributed by atoms with Crippen LogP contribution in [0.2, 0.25) is 0 Å². The van der Waals surface area contributed by atoms with Crippen LogP contribution in [0.15, 0.2) is 30.6 Å². The van der Waals surface area contributed by atoms with Gasteiger partial charge in [-0.15, -0.1) is 37.2 Å². The molecule has 0 atom stereocenters. The van der Waals surface area contributed by atoms with Crippen molar-refractivity contribution in [3.63, 3.8) is 0 Å². The third-order valence-electron chi connectivity index (χ3n) is 3.16. The van der Waals surface area contributed by atoms with E-state index in [0.717, 1.165) is 36.3 Å². The minimum atomic E-state index is 0.